The van der Waals surface area contributed by atoms with Crippen LogP contribution < -0.4 is 5.14 Å². The van der Waals surface area contributed by atoms with Gasteiger partial charge in [-0.1, -0.05) is 66.2 Å². The van der Waals surface area contributed by atoms with Gasteiger partial charge in [0.25, 0.3) is 0 Å². The van der Waals surface area contributed by atoms with Crippen LogP contribution in [0, 0.1) is 0 Å². The van der Waals surface area contributed by atoms with Crippen molar-refractivity contribution in [2.75, 3.05) is 0 Å². The van der Waals surface area contributed by atoms with Crippen LogP contribution in [-0.2, 0) is 17.1 Å². The monoisotopic (exact) mass is 479 g/mol. The maximum absolute atomic E-state index is 13.2. The second-order valence-corrected chi connectivity index (χ2v) is 7.54. The Hall–Kier alpha value is -3.14. The van der Waals surface area contributed by atoms with E-state index in [0.29, 0.717) is 22.0 Å². The highest BCUT2D eigenvalue weighted by Crippen LogP contribution is 2.34. The van der Waals surface area contributed by atoms with Gasteiger partial charge in [0, 0.05) is 10.6 Å². The van der Waals surface area contributed by atoms with Crippen molar-refractivity contribution >= 4 is 22.5 Å². The van der Waals surface area contributed by atoms with E-state index in [4.69, 9.17) is 20.0 Å². The first-order valence-electron chi connectivity index (χ1n) is 9.13. The molecule has 4 aromatic rings. The molecule has 0 bridgehead atoms. The summed E-state index contributed by atoms with van der Waals surface area (Å²) in [4.78, 5) is 0. The van der Waals surface area contributed by atoms with Crippen molar-refractivity contribution in [3.05, 3.63) is 95.6 Å². The lowest BCUT2D eigenvalue weighted by Crippen LogP contribution is -2.07. The molecule has 4 rings (SSSR count). The lowest BCUT2D eigenvalue weighted by Gasteiger charge is -2.09. The fraction of sp³-hybridized carbons (Fsp3) is 0.0455. The van der Waals surface area contributed by atoms with Crippen LogP contribution >= 0.6 is 11.6 Å². The van der Waals surface area contributed by atoms with E-state index >= 15 is 0 Å². The van der Waals surface area contributed by atoms with Crippen molar-refractivity contribution in [1.82, 2.24) is 9.78 Å². The lowest BCUT2D eigenvalue weighted by atomic mass is 10.0. The number of nitrogens with zero attached hydrogens (tertiary/aromatic N) is 2. The van der Waals surface area contributed by atoms with Gasteiger partial charge in [-0.25, -0.2) is 18.2 Å². The molecule has 32 heavy (non-hydrogen) atoms. The van der Waals surface area contributed by atoms with Gasteiger partial charge < -0.3 is 0 Å². The molecule has 1 aromatic heterocycles. The van der Waals surface area contributed by atoms with Crippen LogP contribution in [0.15, 0.2) is 84.9 Å². The van der Waals surface area contributed by atoms with Gasteiger partial charge >= 0.3 is 6.18 Å². The van der Waals surface area contributed by atoms with Crippen molar-refractivity contribution in [1.29, 1.82) is 0 Å². The minimum atomic E-state index is -4.52. The van der Waals surface area contributed by atoms with Crippen molar-refractivity contribution in [3.63, 3.8) is 0 Å². The molecular weight excluding hydrogens is 463 g/mol. The average Bonchev–Trinajstić information content (AvgIpc) is 3.21. The van der Waals surface area contributed by atoms with Crippen LogP contribution in [0.1, 0.15) is 5.69 Å². The minimum absolute atomic E-state index is 0.376. The van der Waals surface area contributed by atoms with Crippen molar-refractivity contribution in [2.24, 2.45) is 5.14 Å². The normalized spacial score (nSPS) is 11.2. The predicted octanol–water partition coefficient (Wildman–Crippen LogP) is 5.35. The summed E-state index contributed by atoms with van der Waals surface area (Å²) in [6.07, 6.45) is -4.52. The number of para-hydroxylation sites is 1. The number of rotatable bonds is 3. The van der Waals surface area contributed by atoms with E-state index in [0.717, 1.165) is 17.2 Å². The SMILES string of the molecule is FC(F)(F)c1cc(-c2ccc(-c3ccc(Cl)cc3)cc2)n(-c2ccccc2)n1.N[SH](=O)=O. The molecule has 1 heterocycles. The third kappa shape index (κ3) is 5.97. The summed E-state index contributed by atoms with van der Waals surface area (Å²) in [5.74, 6) is 0. The first-order valence-corrected chi connectivity index (χ1v) is 10.8. The number of benzene rings is 3. The number of aromatic nitrogens is 2. The van der Waals surface area contributed by atoms with Crippen LogP contribution in [-0.4, -0.2) is 18.2 Å². The molecule has 2 N–H and O–H groups in total. The lowest BCUT2D eigenvalue weighted by molar-refractivity contribution is -0.141. The van der Waals surface area contributed by atoms with E-state index in [-0.39, 0.29) is 0 Å². The standard InChI is InChI=1S/C22H14ClF3N2.H3NO2S/c23-18-12-10-16(11-13-18)15-6-8-17(9-7-15)20-14-21(22(24,25)26)27-28(20)19-4-2-1-3-5-19;1-4(2)3/h1-14H;4H,(H2,1,2,3). The zero-order chi connectivity index (χ0) is 23.3. The molecule has 0 fully saturated rings. The third-order valence-corrected chi connectivity index (χ3v) is 4.61. The molecule has 0 radical (unpaired) electrons. The fourth-order valence-corrected chi connectivity index (χ4v) is 3.09. The number of nitrogens with two attached hydrogens (primary N) is 1. The first-order chi connectivity index (χ1) is 15.1. The van der Waals surface area contributed by atoms with Gasteiger partial charge in [-0.2, -0.15) is 18.3 Å². The van der Waals surface area contributed by atoms with Gasteiger partial charge in [0.15, 0.2) is 16.6 Å². The van der Waals surface area contributed by atoms with Crippen LogP contribution in [0.4, 0.5) is 13.2 Å². The molecule has 0 aliphatic heterocycles. The number of hydrogen-bond acceptors (Lipinski definition) is 3. The Labute approximate surface area is 189 Å². The molecule has 0 amide bonds. The molecular formula is C22H17ClF3N3O2S. The van der Waals surface area contributed by atoms with Gasteiger partial charge in [-0.15, -0.1) is 0 Å². The number of alkyl halides is 3. The Kier molecular flexibility index (Phi) is 7.34. The Bertz CT molecular complexity index is 1250. The maximum atomic E-state index is 13.2. The molecule has 10 heteroatoms. The molecule has 0 atom stereocenters. The van der Waals surface area contributed by atoms with Crippen molar-refractivity contribution < 1.29 is 21.6 Å². The Balaban J connectivity index is 0.000000668. The molecule has 0 aliphatic carbocycles. The molecule has 5 nitrogen and oxygen atoms in total. The Morgan fingerprint density at radius 3 is 1.78 bits per heavy atom. The Morgan fingerprint density at radius 2 is 1.28 bits per heavy atom. The quantitative estimate of drug-likeness (QED) is 0.389. The smallest absolute Gasteiger partial charge is 0.233 e. The zero-order valence-electron chi connectivity index (χ0n) is 16.3. The van der Waals surface area contributed by atoms with Gasteiger partial charge in [-0.3, -0.25) is 0 Å². The van der Waals surface area contributed by atoms with E-state index in [1.807, 2.05) is 24.3 Å². The second kappa shape index (κ2) is 9.99. The van der Waals surface area contributed by atoms with Crippen molar-refractivity contribution in [3.8, 4) is 28.1 Å². The summed E-state index contributed by atoms with van der Waals surface area (Å²) < 4.78 is 58.7. The predicted molar refractivity (Wildman–Crippen MR) is 119 cm³/mol. The highest BCUT2D eigenvalue weighted by Gasteiger charge is 2.35. The molecule has 166 valence electrons. The summed E-state index contributed by atoms with van der Waals surface area (Å²) in [6, 6.07) is 24.6. The minimum Gasteiger partial charge on any atom is -0.233 e. The molecule has 0 aliphatic rings. The first kappa shape index (κ1) is 23.5. The van der Waals surface area contributed by atoms with E-state index in [1.165, 1.54) is 4.68 Å². The number of hydrogen-bond donors (Lipinski definition) is 2. The van der Waals surface area contributed by atoms with Gasteiger partial charge in [0.1, 0.15) is 0 Å². The topological polar surface area (TPSA) is 78.0 Å². The van der Waals surface area contributed by atoms with Gasteiger partial charge in [-0.05, 0) is 41.5 Å². The molecule has 0 spiro atoms. The number of thiol groups is 1. The van der Waals surface area contributed by atoms with E-state index in [1.54, 1.807) is 54.6 Å². The summed E-state index contributed by atoms with van der Waals surface area (Å²) in [7, 11) is -2.62. The van der Waals surface area contributed by atoms with E-state index in [2.05, 4.69) is 10.2 Å². The number of halogens is 4. The Morgan fingerprint density at radius 1 is 0.812 bits per heavy atom. The molecule has 0 saturated carbocycles. The zero-order valence-corrected chi connectivity index (χ0v) is 18.0. The third-order valence-electron chi connectivity index (χ3n) is 4.36. The van der Waals surface area contributed by atoms with Gasteiger partial charge in [0.05, 0.1) is 11.4 Å². The summed E-state index contributed by atoms with van der Waals surface area (Å²) in [6.45, 7) is 0. The molecule has 3 aromatic carbocycles. The largest absolute Gasteiger partial charge is 0.435 e. The summed E-state index contributed by atoms with van der Waals surface area (Å²) in [5.41, 5.74) is 2.58. The van der Waals surface area contributed by atoms with Crippen LogP contribution in [0.25, 0.3) is 28.1 Å². The van der Waals surface area contributed by atoms with E-state index in [9.17, 15) is 13.2 Å². The van der Waals surface area contributed by atoms with Crippen molar-refractivity contribution in [2.45, 2.75) is 6.18 Å². The van der Waals surface area contributed by atoms with Crippen LogP contribution in [0.2, 0.25) is 5.02 Å². The molecule has 0 unspecified atom stereocenters. The maximum Gasteiger partial charge on any atom is 0.435 e. The average molecular weight is 480 g/mol. The second-order valence-electron chi connectivity index (χ2n) is 6.53. The van der Waals surface area contributed by atoms with Crippen LogP contribution in [0.5, 0.6) is 0 Å². The van der Waals surface area contributed by atoms with Gasteiger partial charge in [0.2, 0.25) is 0 Å². The van der Waals surface area contributed by atoms with Crippen LogP contribution in [0.3, 0.4) is 0 Å². The summed E-state index contributed by atoms with van der Waals surface area (Å²) >= 11 is 5.92. The van der Waals surface area contributed by atoms with E-state index < -0.39 is 22.8 Å². The highest BCUT2D eigenvalue weighted by atomic mass is 35.5. The highest BCUT2D eigenvalue weighted by molar-refractivity contribution is 7.69. The summed E-state index contributed by atoms with van der Waals surface area (Å²) in [5, 5.41) is 8.51. The molecule has 0 saturated heterocycles. The fourth-order valence-electron chi connectivity index (χ4n) is 2.97.